The van der Waals surface area contributed by atoms with Crippen molar-refractivity contribution in [3.8, 4) is 0 Å². The highest BCUT2D eigenvalue weighted by Gasteiger charge is 2.23. The van der Waals surface area contributed by atoms with Crippen molar-refractivity contribution in [3.63, 3.8) is 0 Å². The van der Waals surface area contributed by atoms with Crippen molar-refractivity contribution in [2.45, 2.75) is 27.2 Å². The number of carbonyl (C=O) groups is 2. The highest BCUT2D eigenvalue weighted by molar-refractivity contribution is 9.10. The quantitative estimate of drug-likeness (QED) is 0.638. The van der Waals surface area contributed by atoms with E-state index in [1.807, 2.05) is 5.38 Å². The summed E-state index contributed by atoms with van der Waals surface area (Å²) in [6.45, 7) is 6.11. The van der Waals surface area contributed by atoms with Gasteiger partial charge in [-0.25, -0.2) is 9.18 Å². The second kappa shape index (κ2) is 8.58. The Hall–Kier alpha value is -1.73. The third-order valence-electron chi connectivity index (χ3n) is 3.38. The predicted molar refractivity (Wildman–Crippen MR) is 101 cm³/mol. The van der Waals surface area contributed by atoms with Gasteiger partial charge in [-0.15, -0.1) is 11.3 Å². The molecular weight excluding hydrogens is 409 g/mol. The van der Waals surface area contributed by atoms with Gasteiger partial charge in [-0.05, 0) is 64.3 Å². The van der Waals surface area contributed by atoms with Gasteiger partial charge >= 0.3 is 5.97 Å². The fourth-order valence-corrected chi connectivity index (χ4v) is 3.84. The molecule has 0 aliphatic rings. The van der Waals surface area contributed by atoms with Crippen molar-refractivity contribution in [1.29, 1.82) is 0 Å². The first-order chi connectivity index (χ1) is 11.8. The van der Waals surface area contributed by atoms with Crippen LogP contribution in [-0.2, 0) is 11.2 Å². The molecule has 1 aromatic heterocycles. The number of halogens is 2. The number of amides is 1. The maximum atomic E-state index is 13.2. The van der Waals surface area contributed by atoms with E-state index >= 15 is 0 Å². The molecule has 1 amide bonds. The number of hydrogen-bond acceptors (Lipinski definition) is 4. The number of rotatable bonds is 6. The van der Waals surface area contributed by atoms with Gasteiger partial charge < -0.3 is 10.1 Å². The van der Waals surface area contributed by atoms with Gasteiger partial charge in [0.05, 0.1) is 17.7 Å². The minimum atomic E-state index is -0.451. The van der Waals surface area contributed by atoms with E-state index in [1.54, 1.807) is 6.92 Å². The molecule has 0 aliphatic heterocycles. The Morgan fingerprint density at radius 1 is 1.36 bits per heavy atom. The van der Waals surface area contributed by atoms with Crippen LogP contribution in [0.1, 0.15) is 47.1 Å². The highest BCUT2D eigenvalue weighted by Crippen LogP contribution is 2.32. The number of benzene rings is 1. The van der Waals surface area contributed by atoms with Gasteiger partial charge in [-0.3, -0.25) is 4.79 Å². The summed E-state index contributed by atoms with van der Waals surface area (Å²) in [7, 11) is 0. The van der Waals surface area contributed by atoms with Crippen molar-refractivity contribution >= 4 is 44.1 Å². The van der Waals surface area contributed by atoms with Crippen molar-refractivity contribution < 1.29 is 18.7 Å². The Bertz CT molecular complexity index is 789. The van der Waals surface area contributed by atoms with Gasteiger partial charge in [-0.2, -0.15) is 0 Å². The lowest BCUT2D eigenvalue weighted by Gasteiger charge is -2.10. The maximum absolute atomic E-state index is 13.2. The van der Waals surface area contributed by atoms with E-state index < -0.39 is 17.7 Å². The van der Waals surface area contributed by atoms with Gasteiger partial charge in [0.2, 0.25) is 0 Å². The van der Waals surface area contributed by atoms with E-state index in [-0.39, 0.29) is 12.2 Å². The van der Waals surface area contributed by atoms with Crippen LogP contribution in [0, 0.1) is 11.7 Å². The molecule has 1 aromatic carbocycles. The zero-order valence-corrected chi connectivity index (χ0v) is 16.6. The second-order valence-electron chi connectivity index (χ2n) is 5.86. The largest absolute Gasteiger partial charge is 0.462 e. The molecule has 0 saturated heterocycles. The van der Waals surface area contributed by atoms with E-state index in [4.69, 9.17) is 4.74 Å². The van der Waals surface area contributed by atoms with E-state index in [9.17, 15) is 14.0 Å². The van der Waals surface area contributed by atoms with Gasteiger partial charge in [0.15, 0.2) is 0 Å². The number of nitrogens with one attached hydrogen (secondary N) is 1. The Morgan fingerprint density at radius 2 is 2.08 bits per heavy atom. The van der Waals surface area contributed by atoms with Crippen LogP contribution in [0.25, 0.3) is 0 Å². The number of ether oxygens (including phenoxy) is 1. The molecule has 1 heterocycles. The van der Waals surface area contributed by atoms with E-state index in [2.05, 4.69) is 35.1 Å². The smallest absolute Gasteiger partial charge is 0.341 e. The van der Waals surface area contributed by atoms with Crippen LogP contribution >= 0.6 is 27.3 Å². The number of esters is 1. The third kappa shape index (κ3) is 4.89. The number of thiophene rings is 1. The van der Waals surface area contributed by atoms with Gasteiger partial charge in [0, 0.05) is 4.47 Å². The van der Waals surface area contributed by atoms with Crippen LogP contribution in [0.2, 0.25) is 0 Å². The van der Waals surface area contributed by atoms with E-state index in [1.165, 1.54) is 29.5 Å². The average Bonchev–Trinajstić information content (AvgIpc) is 2.88. The molecule has 0 spiro atoms. The van der Waals surface area contributed by atoms with Crippen LogP contribution in [-0.4, -0.2) is 18.5 Å². The topological polar surface area (TPSA) is 55.4 Å². The number of hydrogen-bond donors (Lipinski definition) is 1. The molecule has 0 radical (unpaired) electrons. The Balaban J connectivity index is 2.33. The summed E-state index contributed by atoms with van der Waals surface area (Å²) in [5.74, 6) is -0.952. The van der Waals surface area contributed by atoms with E-state index in [0.717, 1.165) is 5.56 Å². The molecule has 2 rings (SSSR count). The molecule has 0 atom stereocenters. The zero-order chi connectivity index (χ0) is 18.6. The molecule has 7 heteroatoms. The Morgan fingerprint density at radius 3 is 2.68 bits per heavy atom. The molecule has 25 heavy (non-hydrogen) atoms. The van der Waals surface area contributed by atoms with Crippen LogP contribution in [0.4, 0.5) is 9.39 Å². The number of carbonyl (C=O) groups excluding carboxylic acids is 2. The van der Waals surface area contributed by atoms with Crippen LogP contribution in [0.3, 0.4) is 0 Å². The summed E-state index contributed by atoms with van der Waals surface area (Å²) in [6.07, 6.45) is 0.709. The maximum Gasteiger partial charge on any atom is 0.341 e. The predicted octanol–water partition coefficient (Wildman–Crippen LogP) is 5.28. The van der Waals surface area contributed by atoms with Crippen LogP contribution in [0.15, 0.2) is 28.1 Å². The molecule has 0 bridgehead atoms. The molecular formula is C18H19BrFNO3S. The monoisotopic (exact) mass is 427 g/mol. The molecule has 0 unspecified atom stereocenters. The summed E-state index contributed by atoms with van der Waals surface area (Å²) in [4.78, 5) is 24.8. The molecule has 4 nitrogen and oxygen atoms in total. The van der Waals surface area contributed by atoms with E-state index in [0.29, 0.717) is 27.4 Å². The molecule has 0 saturated carbocycles. The summed E-state index contributed by atoms with van der Waals surface area (Å²) in [5.41, 5.74) is 1.54. The Labute approximate surface area is 158 Å². The minimum absolute atomic E-state index is 0.257. The van der Waals surface area contributed by atoms with Gasteiger partial charge in [-0.1, -0.05) is 13.8 Å². The molecule has 1 N–H and O–H groups in total. The average molecular weight is 428 g/mol. The summed E-state index contributed by atoms with van der Waals surface area (Å²) < 4.78 is 18.7. The van der Waals surface area contributed by atoms with Crippen molar-refractivity contribution in [2.75, 3.05) is 11.9 Å². The standard InChI is InChI=1S/C18H19BrFNO3S/c1-4-24-18(23)15-11(7-10(2)3)9-25-17(15)21-16(22)13-6-5-12(20)8-14(13)19/h5-6,8-10H,4,7H2,1-3H3,(H,21,22). The molecule has 134 valence electrons. The van der Waals surface area contributed by atoms with Gasteiger partial charge in [0.1, 0.15) is 10.8 Å². The SMILES string of the molecule is CCOC(=O)c1c(CC(C)C)csc1NC(=O)c1ccc(F)cc1Br. The van der Waals surface area contributed by atoms with Crippen molar-refractivity contribution in [1.82, 2.24) is 0 Å². The molecule has 2 aromatic rings. The minimum Gasteiger partial charge on any atom is -0.462 e. The first-order valence-electron chi connectivity index (χ1n) is 7.87. The Kier molecular flexibility index (Phi) is 6.72. The second-order valence-corrected chi connectivity index (χ2v) is 7.60. The fourth-order valence-electron chi connectivity index (χ4n) is 2.35. The lowest BCUT2D eigenvalue weighted by atomic mass is 10.0. The first-order valence-corrected chi connectivity index (χ1v) is 9.54. The van der Waals surface area contributed by atoms with Gasteiger partial charge in [0.25, 0.3) is 5.91 Å². The van der Waals surface area contributed by atoms with Crippen molar-refractivity contribution in [2.24, 2.45) is 5.92 Å². The highest BCUT2D eigenvalue weighted by atomic mass is 79.9. The number of anilines is 1. The van der Waals surface area contributed by atoms with Crippen molar-refractivity contribution in [3.05, 3.63) is 50.6 Å². The normalized spacial score (nSPS) is 10.8. The zero-order valence-electron chi connectivity index (χ0n) is 14.2. The lowest BCUT2D eigenvalue weighted by molar-refractivity contribution is 0.0527. The molecule has 0 fully saturated rings. The summed E-state index contributed by atoms with van der Waals surface area (Å²) in [5, 5.41) is 5.05. The third-order valence-corrected chi connectivity index (χ3v) is 4.98. The fraction of sp³-hybridized carbons (Fsp3) is 0.333. The summed E-state index contributed by atoms with van der Waals surface area (Å²) in [6, 6.07) is 3.83. The van der Waals surface area contributed by atoms with Crippen LogP contribution in [0.5, 0.6) is 0 Å². The molecule has 0 aliphatic carbocycles. The first kappa shape index (κ1) is 19.6. The van der Waals surface area contributed by atoms with Crippen LogP contribution < -0.4 is 5.32 Å². The summed E-state index contributed by atoms with van der Waals surface area (Å²) >= 11 is 4.46. The lowest BCUT2D eigenvalue weighted by Crippen LogP contribution is -2.16.